The molecule has 3 amide bonds. The highest BCUT2D eigenvalue weighted by Gasteiger charge is 2.47. The van der Waals surface area contributed by atoms with Gasteiger partial charge in [-0.05, 0) is 24.6 Å². The van der Waals surface area contributed by atoms with Crippen molar-refractivity contribution in [2.24, 2.45) is 0 Å². The highest BCUT2D eigenvalue weighted by atomic mass is 16.2. The first-order chi connectivity index (χ1) is 13.6. The Kier molecular flexibility index (Phi) is 4.69. The van der Waals surface area contributed by atoms with Gasteiger partial charge < -0.3 is 10.2 Å². The van der Waals surface area contributed by atoms with Gasteiger partial charge in [-0.15, -0.1) is 6.58 Å². The maximum absolute atomic E-state index is 13.2. The van der Waals surface area contributed by atoms with Crippen LogP contribution in [-0.4, -0.2) is 35.7 Å². The molecule has 0 radical (unpaired) electrons. The van der Waals surface area contributed by atoms with Crippen molar-refractivity contribution in [3.63, 3.8) is 0 Å². The number of amides is 3. The number of hydrogen-bond donors (Lipinski definition) is 1. The Balaban J connectivity index is 1.64. The molecule has 2 aliphatic heterocycles. The summed E-state index contributed by atoms with van der Waals surface area (Å²) in [6, 6.07) is 14.6. The predicted octanol–water partition coefficient (Wildman–Crippen LogP) is 2.88. The van der Waals surface area contributed by atoms with Crippen LogP contribution in [0, 0.1) is 0 Å². The average Bonchev–Trinajstić information content (AvgIpc) is 3.02. The molecule has 142 valence electrons. The van der Waals surface area contributed by atoms with Gasteiger partial charge in [-0.25, -0.2) is 0 Å². The SMILES string of the molecule is C=CCNC(=O)CCCN1C(=O)c2ccccc2N2C(=O)c3ccccc3C12. The average molecular weight is 375 g/mol. The Bertz CT molecular complexity index is 969. The third-order valence-electron chi connectivity index (χ3n) is 5.13. The Morgan fingerprint density at radius 3 is 2.54 bits per heavy atom. The molecule has 1 unspecified atom stereocenters. The van der Waals surface area contributed by atoms with Crippen molar-refractivity contribution in [2.45, 2.75) is 19.0 Å². The van der Waals surface area contributed by atoms with Crippen molar-refractivity contribution in [3.8, 4) is 0 Å². The van der Waals surface area contributed by atoms with E-state index >= 15 is 0 Å². The van der Waals surface area contributed by atoms with E-state index in [9.17, 15) is 14.4 Å². The molecule has 0 spiro atoms. The standard InChI is InChI=1S/C22H21N3O3/c1-2-13-23-19(26)12-7-14-24-20-15-8-3-4-9-16(15)22(28)25(20)18-11-6-5-10-17(18)21(24)27/h2-6,8-11,20H,1,7,12-14H2,(H,23,26). The van der Waals surface area contributed by atoms with Crippen molar-refractivity contribution in [1.82, 2.24) is 10.2 Å². The van der Waals surface area contributed by atoms with E-state index in [2.05, 4.69) is 11.9 Å². The van der Waals surface area contributed by atoms with Gasteiger partial charge in [0.05, 0.1) is 11.3 Å². The van der Waals surface area contributed by atoms with Crippen molar-refractivity contribution in [1.29, 1.82) is 0 Å². The summed E-state index contributed by atoms with van der Waals surface area (Å²) in [6.45, 7) is 4.39. The van der Waals surface area contributed by atoms with Crippen LogP contribution >= 0.6 is 0 Å². The predicted molar refractivity (Wildman–Crippen MR) is 106 cm³/mol. The molecule has 0 aliphatic carbocycles. The highest BCUT2D eigenvalue weighted by Crippen LogP contribution is 2.45. The largest absolute Gasteiger partial charge is 0.353 e. The van der Waals surface area contributed by atoms with E-state index < -0.39 is 6.17 Å². The smallest absolute Gasteiger partial charge is 0.260 e. The molecule has 2 aliphatic rings. The first kappa shape index (κ1) is 18.0. The van der Waals surface area contributed by atoms with E-state index in [1.807, 2.05) is 30.3 Å². The van der Waals surface area contributed by atoms with E-state index in [0.29, 0.717) is 42.7 Å². The monoisotopic (exact) mass is 375 g/mol. The molecule has 0 aromatic heterocycles. The number of para-hydroxylation sites is 1. The second kappa shape index (κ2) is 7.31. The van der Waals surface area contributed by atoms with Gasteiger partial charge in [0.1, 0.15) is 6.17 Å². The lowest BCUT2D eigenvalue weighted by Gasteiger charge is -2.41. The molecule has 2 aromatic carbocycles. The molecule has 0 bridgehead atoms. The molecule has 0 saturated carbocycles. The highest BCUT2D eigenvalue weighted by molar-refractivity contribution is 6.16. The molecule has 6 heteroatoms. The minimum atomic E-state index is -0.470. The van der Waals surface area contributed by atoms with Crippen molar-refractivity contribution >= 4 is 23.4 Å². The fourth-order valence-corrected chi connectivity index (χ4v) is 3.88. The first-order valence-corrected chi connectivity index (χ1v) is 9.33. The molecule has 6 nitrogen and oxygen atoms in total. The lowest BCUT2D eigenvalue weighted by molar-refractivity contribution is -0.121. The minimum Gasteiger partial charge on any atom is -0.353 e. The lowest BCUT2D eigenvalue weighted by Crippen LogP contribution is -2.48. The molecular formula is C22H21N3O3. The van der Waals surface area contributed by atoms with Crippen LogP contribution in [0.4, 0.5) is 5.69 Å². The first-order valence-electron chi connectivity index (χ1n) is 9.33. The van der Waals surface area contributed by atoms with Gasteiger partial charge in [-0.2, -0.15) is 0 Å². The molecule has 1 atom stereocenters. The zero-order chi connectivity index (χ0) is 19.7. The van der Waals surface area contributed by atoms with E-state index in [0.717, 1.165) is 5.56 Å². The number of carbonyl (C=O) groups excluding carboxylic acids is 3. The maximum atomic E-state index is 13.2. The van der Waals surface area contributed by atoms with E-state index in [1.165, 1.54) is 0 Å². The summed E-state index contributed by atoms with van der Waals surface area (Å²) in [4.78, 5) is 41.5. The molecule has 4 rings (SSSR count). The number of fused-ring (bicyclic) bond motifs is 5. The summed E-state index contributed by atoms with van der Waals surface area (Å²) >= 11 is 0. The van der Waals surface area contributed by atoms with Crippen LogP contribution in [0.15, 0.2) is 61.2 Å². The van der Waals surface area contributed by atoms with Crippen LogP contribution in [0.3, 0.4) is 0 Å². The number of benzene rings is 2. The molecule has 0 fully saturated rings. The Morgan fingerprint density at radius 1 is 1.04 bits per heavy atom. The van der Waals surface area contributed by atoms with Gasteiger partial charge >= 0.3 is 0 Å². The topological polar surface area (TPSA) is 69.7 Å². The molecule has 2 heterocycles. The second-order valence-electron chi connectivity index (χ2n) is 6.85. The van der Waals surface area contributed by atoms with E-state index in [1.54, 1.807) is 34.1 Å². The Labute approximate surface area is 163 Å². The molecule has 2 aromatic rings. The summed E-state index contributed by atoms with van der Waals surface area (Å²) in [7, 11) is 0. The Hall–Kier alpha value is -3.41. The molecular weight excluding hydrogens is 354 g/mol. The number of carbonyl (C=O) groups is 3. The van der Waals surface area contributed by atoms with Crippen molar-refractivity contribution in [3.05, 3.63) is 77.9 Å². The third kappa shape index (κ3) is 2.87. The normalized spacial score (nSPS) is 17.1. The fourth-order valence-electron chi connectivity index (χ4n) is 3.88. The van der Waals surface area contributed by atoms with Crippen LogP contribution < -0.4 is 10.2 Å². The Morgan fingerprint density at radius 2 is 1.75 bits per heavy atom. The third-order valence-corrected chi connectivity index (χ3v) is 5.13. The van der Waals surface area contributed by atoms with Gasteiger partial charge in [0.15, 0.2) is 0 Å². The van der Waals surface area contributed by atoms with Crippen molar-refractivity contribution < 1.29 is 14.4 Å². The summed E-state index contributed by atoms with van der Waals surface area (Å²) < 4.78 is 0. The van der Waals surface area contributed by atoms with Crippen LogP contribution in [0.25, 0.3) is 0 Å². The van der Waals surface area contributed by atoms with Crippen molar-refractivity contribution in [2.75, 3.05) is 18.0 Å². The number of hydrogen-bond acceptors (Lipinski definition) is 3. The second-order valence-corrected chi connectivity index (χ2v) is 6.85. The number of anilines is 1. The lowest BCUT2D eigenvalue weighted by atomic mass is 10.0. The summed E-state index contributed by atoms with van der Waals surface area (Å²) in [5, 5.41) is 2.74. The van der Waals surface area contributed by atoms with Gasteiger partial charge in [0, 0.05) is 30.6 Å². The van der Waals surface area contributed by atoms with Gasteiger partial charge in [0.25, 0.3) is 11.8 Å². The minimum absolute atomic E-state index is 0.0792. The summed E-state index contributed by atoms with van der Waals surface area (Å²) in [5.41, 5.74) is 2.59. The number of rotatable bonds is 6. The molecule has 28 heavy (non-hydrogen) atoms. The van der Waals surface area contributed by atoms with Gasteiger partial charge in [0.2, 0.25) is 5.91 Å². The van der Waals surface area contributed by atoms with E-state index in [-0.39, 0.29) is 17.7 Å². The fraction of sp³-hybridized carbons (Fsp3) is 0.227. The van der Waals surface area contributed by atoms with Crippen LogP contribution in [-0.2, 0) is 4.79 Å². The summed E-state index contributed by atoms with van der Waals surface area (Å²) in [6.07, 6.45) is 1.98. The van der Waals surface area contributed by atoms with E-state index in [4.69, 9.17) is 0 Å². The summed E-state index contributed by atoms with van der Waals surface area (Å²) in [5.74, 6) is -0.299. The maximum Gasteiger partial charge on any atom is 0.260 e. The zero-order valence-electron chi connectivity index (χ0n) is 15.4. The molecule has 0 saturated heterocycles. The number of nitrogens with one attached hydrogen (secondary N) is 1. The molecule has 1 N–H and O–H groups in total. The van der Waals surface area contributed by atoms with Crippen LogP contribution in [0.5, 0.6) is 0 Å². The quantitative estimate of drug-likeness (QED) is 0.790. The number of nitrogens with zero attached hydrogens (tertiary/aromatic N) is 2. The zero-order valence-corrected chi connectivity index (χ0v) is 15.4. The van der Waals surface area contributed by atoms with Crippen LogP contribution in [0.1, 0.15) is 45.3 Å². The van der Waals surface area contributed by atoms with Gasteiger partial charge in [-0.1, -0.05) is 36.4 Å². The van der Waals surface area contributed by atoms with Crippen LogP contribution in [0.2, 0.25) is 0 Å². The van der Waals surface area contributed by atoms with Gasteiger partial charge in [-0.3, -0.25) is 19.3 Å².